The van der Waals surface area contributed by atoms with Crippen LogP contribution < -0.4 is 5.32 Å². The smallest absolute Gasteiger partial charge is 0.220 e. The molecule has 0 radical (unpaired) electrons. The first-order valence-corrected chi connectivity index (χ1v) is 5.93. The summed E-state index contributed by atoms with van der Waals surface area (Å²) in [6.07, 6.45) is 8.08. The molecule has 1 unspecified atom stereocenters. The van der Waals surface area contributed by atoms with Crippen LogP contribution in [0.3, 0.4) is 0 Å². The van der Waals surface area contributed by atoms with Crippen LogP contribution in [-0.2, 0) is 11.2 Å². The molecule has 5 heteroatoms. The zero-order chi connectivity index (χ0) is 12.8. The van der Waals surface area contributed by atoms with Crippen molar-refractivity contribution >= 4 is 5.91 Å². The summed E-state index contributed by atoms with van der Waals surface area (Å²) >= 11 is 0. The molecule has 1 amide bonds. The van der Waals surface area contributed by atoms with E-state index in [0.717, 1.165) is 17.8 Å². The van der Waals surface area contributed by atoms with Crippen molar-refractivity contribution in [2.24, 2.45) is 0 Å². The maximum atomic E-state index is 11.8. The zero-order valence-corrected chi connectivity index (χ0v) is 10.3. The van der Waals surface area contributed by atoms with Crippen LogP contribution in [-0.4, -0.2) is 20.9 Å². The molecule has 1 atom stereocenters. The molecule has 2 aromatic heterocycles. The molecule has 0 fully saturated rings. The Labute approximate surface area is 106 Å². The van der Waals surface area contributed by atoms with Gasteiger partial charge < -0.3 is 10.3 Å². The number of hydrogen-bond acceptors (Lipinski definition) is 3. The van der Waals surface area contributed by atoms with Gasteiger partial charge in [0.1, 0.15) is 5.82 Å². The Kier molecular flexibility index (Phi) is 4.06. The molecule has 0 aliphatic heterocycles. The Morgan fingerprint density at radius 1 is 1.39 bits per heavy atom. The summed E-state index contributed by atoms with van der Waals surface area (Å²) in [5, 5.41) is 2.90. The van der Waals surface area contributed by atoms with E-state index in [-0.39, 0.29) is 11.9 Å². The molecule has 0 aliphatic carbocycles. The maximum absolute atomic E-state index is 11.8. The van der Waals surface area contributed by atoms with Crippen LogP contribution >= 0.6 is 0 Å². The zero-order valence-electron chi connectivity index (χ0n) is 10.3. The number of aromatic nitrogens is 3. The number of amides is 1. The van der Waals surface area contributed by atoms with Crippen LogP contribution in [0, 0.1) is 0 Å². The van der Waals surface area contributed by atoms with Crippen LogP contribution in [0.5, 0.6) is 0 Å². The first kappa shape index (κ1) is 12.3. The van der Waals surface area contributed by atoms with Gasteiger partial charge in [-0.2, -0.15) is 0 Å². The van der Waals surface area contributed by atoms with Crippen LogP contribution in [0.1, 0.15) is 30.8 Å². The van der Waals surface area contributed by atoms with Gasteiger partial charge in [0, 0.05) is 31.2 Å². The van der Waals surface area contributed by atoms with Crippen molar-refractivity contribution in [3.63, 3.8) is 0 Å². The number of pyridine rings is 1. The number of nitrogens with one attached hydrogen (secondary N) is 2. The predicted octanol–water partition coefficient (Wildman–Crippen LogP) is 1.61. The van der Waals surface area contributed by atoms with Crippen molar-refractivity contribution < 1.29 is 4.79 Å². The molecule has 0 spiro atoms. The van der Waals surface area contributed by atoms with Gasteiger partial charge in [-0.3, -0.25) is 9.78 Å². The third-order valence-corrected chi connectivity index (χ3v) is 2.70. The minimum atomic E-state index is -0.0926. The average molecular weight is 244 g/mol. The topological polar surface area (TPSA) is 70.7 Å². The Balaban J connectivity index is 1.79. The first-order chi connectivity index (χ1) is 8.75. The second-order valence-corrected chi connectivity index (χ2v) is 4.12. The molecule has 0 aliphatic rings. The molecule has 0 aromatic carbocycles. The molecule has 94 valence electrons. The summed E-state index contributed by atoms with van der Waals surface area (Å²) in [4.78, 5) is 22.8. The molecule has 5 nitrogen and oxygen atoms in total. The lowest BCUT2D eigenvalue weighted by atomic mass is 10.1. The van der Waals surface area contributed by atoms with Gasteiger partial charge in [-0.15, -0.1) is 0 Å². The highest BCUT2D eigenvalue weighted by Crippen LogP contribution is 2.06. The highest BCUT2D eigenvalue weighted by atomic mass is 16.1. The van der Waals surface area contributed by atoms with Gasteiger partial charge in [0.2, 0.25) is 5.91 Å². The van der Waals surface area contributed by atoms with Crippen molar-refractivity contribution in [3.05, 3.63) is 48.3 Å². The van der Waals surface area contributed by atoms with E-state index in [2.05, 4.69) is 20.3 Å². The fourth-order valence-electron chi connectivity index (χ4n) is 1.70. The molecular formula is C13H16N4O. The van der Waals surface area contributed by atoms with E-state index in [1.165, 1.54) is 0 Å². The van der Waals surface area contributed by atoms with Gasteiger partial charge in [0.15, 0.2) is 0 Å². The van der Waals surface area contributed by atoms with E-state index in [4.69, 9.17) is 0 Å². The summed E-state index contributed by atoms with van der Waals surface area (Å²) in [7, 11) is 0. The van der Waals surface area contributed by atoms with E-state index >= 15 is 0 Å². The second kappa shape index (κ2) is 5.95. The number of aryl methyl sites for hydroxylation is 1. The van der Waals surface area contributed by atoms with Crippen molar-refractivity contribution in [2.45, 2.75) is 25.8 Å². The Morgan fingerprint density at radius 2 is 2.17 bits per heavy atom. The van der Waals surface area contributed by atoms with E-state index in [0.29, 0.717) is 6.42 Å². The number of carbonyl (C=O) groups is 1. The van der Waals surface area contributed by atoms with E-state index < -0.39 is 0 Å². The van der Waals surface area contributed by atoms with Gasteiger partial charge in [0.25, 0.3) is 0 Å². The highest BCUT2D eigenvalue weighted by Gasteiger charge is 2.10. The number of rotatable bonds is 5. The molecule has 2 rings (SSSR count). The fourth-order valence-corrected chi connectivity index (χ4v) is 1.70. The van der Waals surface area contributed by atoms with Gasteiger partial charge in [-0.05, 0) is 31.0 Å². The number of carbonyl (C=O) groups excluding carboxylic acids is 1. The summed E-state index contributed by atoms with van der Waals surface area (Å²) in [5.74, 6) is 0.794. The number of aromatic amines is 1. The van der Waals surface area contributed by atoms with Crippen LogP contribution in [0.2, 0.25) is 0 Å². The standard InChI is InChI=1S/C13H16N4O/c1-10(13-15-8-9-16-13)17-12(18)3-2-11-4-6-14-7-5-11/h4-10H,2-3H2,1H3,(H,15,16)(H,17,18). The molecule has 0 saturated heterocycles. The summed E-state index contributed by atoms with van der Waals surface area (Å²) in [5.41, 5.74) is 1.12. The minimum Gasteiger partial charge on any atom is -0.347 e. The number of H-pyrrole nitrogens is 1. The van der Waals surface area contributed by atoms with E-state index in [1.54, 1.807) is 24.8 Å². The molecule has 2 N–H and O–H groups in total. The molecule has 0 bridgehead atoms. The van der Waals surface area contributed by atoms with Gasteiger partial charge in [0.05, 0.1) is 6.04 Å². The summed E-state index contributed by atoms with van der Waals surface area (Å²) in [6.45, 7) is 1.91. The van der Waals surface area contributed by atoms with E-state index in [9.17, 15) is 4.79 Å². The minimum absolute atomic E-state index is 0.0238. The molecule has 18 heavy (non-hydrogen) atoms. The van der Waals surface area contributed by atoms with Crippen molar-refractivity contribution in [2.75, 3.05) is 0 Å². The number of nitrogens with zero attached hydrogens (tertiary/aromatic N) is 2. The van der Waals surface area contributed by atoms with Crippen LogP contribution in [0.4, 0.5) is 0 Å². The first-order valence-electron chi connectivity index (χ1n) is 5.93. The Hall–Kier alpha value is -2.17. The van der Waals surface area contributed by atoms with Crippen LogP contribution in [0.25, 0.3) is 0 Å². The van der Waals surface area contributed by atoms with Gasteiger partial charge >= 0.3 is 0 Å². The molecule has 2 heterocycles. The molecule has 2 aromatic rings. The maximum Gasteiger partial charge on any atom is 0.220 e. The SMILES string of the molecule is CC(NC(=O)CCc1ccncc1)c1ncc[nH]1. The largest absolute Gasteiger partial charge is 0.347 e. The van der Waals surface area contributed by atoms with Crippen molar-refractivity contribution in [1.29, 1.82) is 0 Å². The molecular weight excluding hydrogens is 228 g/mol. The number of imidazole rings is 1. The van der Waals surface area contributed by atoms with Crippen molar-refractivity contribution in [1.82, 2.24) is 20.3 Å². The monoisotopic (exact) mass is 244 g/mol. The highest BCUT2D eigenvalue weighted by molar-refractivity contribution is 5.76. The second-order valence-electron chi connectivity index (χ2n) is 4.12. The Bertz CT molecular complexity index is 481. The lowest BCUT2D eigenvalue weighted by Crippen LogP contribution is -2.27. The van der Waals surface area contributed by atoms with Crippen molar-refractivity contribution in [3.8, 4) is 0 Å². The third-order valence-electron chi connectivity index (χ3n) is 2.70. The average Bonchev–Trinajstić information content (AvgIpc) is 2.91. The van der Waals surface area contributed by atoms with E-state index in [1.807, 2.05) is 19.1 Å². The fraction of sp³-hybridized carbons (Fsp3) is 0.308. The molecule has 0 saturated carbocycles. The van der Waals surface area contributed by atoms with Gasteiger partial charge in [-0.25, -0.2) is 4.98 Å². The summed E-state index contributed by atoms with van der Waals surface area (Å²) < 4.78 is 0. The Morgan fingerprint density at radius 3 is 2.83 bits per heavy atom. The third kappa shape index (κ3) is 3.41. The lowest BCUT2D eigenvalue weighted by Gasteiger charge is -2.11. The predicted molar refractivity (Wildman–Crippen MR) is 67.7 cm³/mol. The quantitative estimate of drug-likeness (QED) is 0.839. The lowest BCUT2D eigenvalue weighted by molar-refractivity contribution is -0.121. The van der Waals surface area contributed by atoms with Crippen LogP contribution in [0.15, 0.2) is 36.9 Å². The van der Waals surface area contributed by atoms with Gasteiger partial charge in [-0.1, -0.05) is 0 Å². The normalized spacial score (nSPS) is 12.1. The summed E-state index contributed by atoms with van der Waals surface area (Å²) in [6, 6.07) is 3.75. The number of hydrogen-bond donors (Lipinski definition) is 2.